The van der Waals surface area contributed by atoms with Gasteiger partial charge in [0.05, 0.1) is 0 Å². The summed E-state index contributed by atoms with van der Waals surface area (Å²) >= 11 is 0. The van der Waals surface area contributed by atoms with E-state index in [4.69, 9.17) is 0 Å². The summed E-state index contributed by atoms with van der Waals surface area (Å²) in [5.41, 5.74) is 1.41. The first-order chi connectivity index (χ1) is 8.79. The van der Waals surface area contributed by atoms with Crippen molar-refractivity contribution in [2.24, 2.45) is 5.92 Å². The maximum absolute atomic E-state index is 3.44. The van der Waals surface area contributed by atoms with Crippen molar-refractivity contribution < 1.29 is 0 Å². The van der Waals surface area contributed by atoms with Crippen LogP contribution in [0.5, 0.6) is 0 Å². The third kappa shape index (κ3) is 3.82. The first kappa shape index (κ1) is 13.6. The Morgan fingerprint density at radius 2 is 2.11 bits per heavy atom. The number of hydrogen-bond acceptors (Lipinski definition) is 2. The maximum atomic E-state index is 3.44. The van der Waals surface area contributed by atoms with Crippen LogP contribution in [0.3, 0.4) is 0 Å². The fraction of sp³-hybridized carbons (Fsp3) is 0.625. The molecule has 1 fully saturated rings. The number of piperidine rings is 1. The minimum Gasteiger partial charge on any atom is -0.313 e. The highest BCUT2D eigenvalue weighted by atomic mass is 15.1. The first-order valence-electron chi connectivity index (χ1n) is 7.24. The highest BCUT2D eigenvalue weighted by Gasteiger charge is 2.17. The molecule has 0 bridgehead atoms. The molecule has 100 valence electrons. The van der Waals surface area contributed by atoms with Crippen LogP contribution < -0.4 is 5.32 Å². The van der Waals surface area contributed by atoms with Gasteiger partial charge in [-0.25, -0.2) is 0 Å². The maximum Gasteiger partial charge on any atom is 0.0329 e. The van der Waals surface area contributed by atoms with E-state index in [2.05, 4.69) is 54.5 Å². The van der Waals surface area contributed by atoms with E-state index >= 15 is 0 Å². The number of nitrogens with zero attached hydrogens (tertiary/aromatic N) is 1. The van der Waals surface area contributed by atoms with Crippen molar-refractivity contribution in [1.29, 1.82) is 0 Å². The molecule has 1 heterocycles. The molecule has 0 saturated carbocycles. The van der Waals surface area contributed by atoms with Gasteiger partial charge in [0.25, 0.3) is 0 Å². The van der Waals surface area contributed by atoms with E-state index in [0.29, 0.717) is 6.04 Å². The second-order valence-corrected chi connectivity index (χ2v) is 5.59. The summed E-state index contributed by atoms with van der Waals surface area (Å²) in [6, 6.07) is 11.3. The molecule has 1 saturated heterocycles. The van der Waals surface area contributed by atoms with Gasteiger partial charge in [0.15, 0.2) is 0 Å². The fourth-order valence-electron chi connectivity index (χ4n) is 2.96. The first-order valence-corrected chi connectivity index (χ1v) is 7.24. The van der Waals surface area contributed by atoms with Crippen LogP contribution in [0.15, 0.2) is 30.3 Å². The van der Waals surface area contributed by atoms with Gasteiger partial charge in [-0.05, 0) is 50.9 Å². The lowest BCUT2D eigenvalue weighted by Gasteiger charge is -2.32. The molecule has 0 radical (unpaired) electrons. The third-order valence-corrected chi connectivity index (χ3v) is 4.03. The lowest BCUT2D eigenvalue weighted by molar-refractivity contribution is 0.176. The van der Waals surface area contributed by atoms with Crippen LogP contribution in [0.2, 0.25) is 0 Å². The van der Waals surface area contributed by atoms with Gasteiger partial charge in [0, 0.05) is 12.6 Å². The Morgan fingerprint density at radius 3 is 2.78 bits per heavy atom. The summed E-state index contributed by atoms with van der Waals surface area (Å²) in [7, 11) is 2.07. The number of nitrogens with one attached hydrogen (secondary N) is 1. The summed E-state index contributed by atoms with van der Waals surface area (Å²) in [6.07, 6.45) is 3.98. The molecule has 1 aliphatic heterocycles. The van der Waals surface area contributed by atoms with Gasteiger partial charge < -0.3 is 10.2 Å². The van der Waals surface area contributed by atoms with E-state index in [9.17, 15) is 0 Å². The molecule has 0 aliphatic carbocycles. The normalized spacial score (nSPS) is 22.9. The summed E-state index contributed by atoms with van der Waals surface area (Å²) in [5, 5.41) is 3.44. The van der Waals surface area contributed by atoms with Gasteiger partial charge in [0.2, 0.25) is 0 Å². The van der Waals surface area contributed by atoms with E-state index in [1.54, 1.807) is 0 Å². The van der Waals surface area contributed by atoms with Crippen LogP contribution in [-0.4, -0.2) is 31.6 Å². The average Bonchev–Trinajstić information content (AvgIpc) is 2.41. The Kier molecular flexibility index (Phi) is 5.21. The second kappa shape index (κ2) is 6.91. The zero-order valence-corrected chi connectivity index (χ0v) is 11.7. The van der Waals surface area contributed by atoms with Crippen molar-refractivity contribution in [3.63, 3.8) is 0 Å². The Morgan fingerprint density at radius 1 is 1.33 bits per heavy atom. The van der Waals surface area contributed by atoms with Crippen molar-refractivity contribution in [3.8, 4) is 0 Å². The molecule has 1 N–H and O–H groups in total. The predicted octanol–water partition coefficient (Wildman–Crippen LogP) is 3.07. The number of hydrogen-bond donors (Lipinski definition) is 1. The highest BCUT2D eigenvalue weighted by Crippen LogP contribution is 2.19. The van der Waals surface area contributed by atoms with E-state index < -0.39 is 0 Å². The van der Waals surface area contributed by atoms with Gasteiger partial charge in [-0.2, -0.15) is 0 Å². The molecule has 0 spiro atoms. The Labute approximate surface area is 111 Å². The van der Waals surface area contributed by atoms with Crippen molar-refractivity contribution >= 4 is 0 Å². The van der Waals surface area contributed by atoms with Gasteiger partial charge >= 0.3 is 0 Å². The molecule has 2 rings (SSSR count). The van der Waals surface area contributed by atoms with Crippen molar-refractivity contribution in [2.75, 3.05) is 26.7 Å². The van der Waals surface area contributed by atoms with Crippen LogP contribution in [0.1, 0.15) is 37.8 Å². The van der Waals surface area contributed by atoms with Crippen LogP contribution >= 0.6 is 0 Å². The number of likely N-dealkylation sites (tertiary alicyclic amines) is 1. The zero-order valence-electron chi connectivity index (χ0n) is 11.7. The molecule has 1 aromatic carbocycles. The van der Waals surface area contributed by atoms with Crippen LogP contribution in [-0.2, 0) is 0 Å². The lowest BCUT2D eigenvalue weighted by Crippen LogP contribution is -2.36. The molecular weight excluding hydrogens is 220 g/mol. The standard InChI is InChI=1S/C16H26N2/c1-14-7-6-11-18(13-14)12-10-16(17-2)15-8-4-3-5-9-15/h3-5,8-9,14,16-17H,6-7,10-13H2,1-2H3. The summed E-state index contributed by atoms with van der Waals surface area (Å²) in [6.45, 7) is 6.16. The molecule has 2 heteroatoms. The predicted molar refractivity (Wildman–Crippen MR) is 77.7 cm³/mol. The Bertz CT molecular complexity index is 336. The van der Waals surface area contributed by atoms with Gasteiger partial charge in [0.1, 0.15) is 0 Å². The largest absolute Gasteiger partial charge is 0.313 e. The molecule has 0 amide bonds. The van der Waals surface area contributed by atoms with Gasteiger partial charge in [-0.15, -0.1) is 0 Å². The highest BCUT2D eigenvalue weighted by molar-refractivity contribution is 5.18. The fourth-order valence-corrected chi connectivity index (χ4v) is 2.96. The van der Waals surface area contributed by atoms with E-state index in [1.807, 2.05) is 0 Å². The molecule has 1 aromatic rings. The molecule has 0 aromatic heterocycles. The molecule has 2 unspecified atom stereocenters. The summed E-state index contributed by atoms with van der Waals surface area (Å²) < 4.78 is 0. The molecule has 2 nitrogen and oxygen atoms in total. The second-order valence-electron chi connectivity index (χ2n) is 5.59. The van der Waals surface area contributed by atoms with Gasteiger partial charge in [-0.1, -0.05) is 37.3 Å². The number of benzene rings is 1. The molecule has 2 atom stereocenters. The summed E-state index contributed by atoms with van der Waals surface area (Å²) in [4.78, 5) is 2.63. The molecular formula is C16H26N2. The van der Waals surface area contributed by atoms with Crippen molar-refractivity contribution in [1.82, 2.24) is 10.2 Å². The quantitative estimate of drug-likeness (QED) is 0.859. The molecule has 18 heavy (non-hydrogen) atoms. The van der Waals surface area contributed by atoms with Crippen molar-refractivity contribution in [2.45, 2.75) is 32.2 Å². The Balaban J connectivity index is 1.84. The smallest absolute Gasteiger partial charge is 0.0329 e. The van der Waals surface area contributed by atoms with E-state index in [1.165, 1.54) is 44.5 Å². The van der Waals surface area contributed by atoms with Crippen LogP contribution in [0.4, 0.5) is 0 Å². The topological polar surface area (TPSA) is 15.3 Å². The molecule has 1 aliphatic rings. The van der Waals surface area contributed by atoms with Gasteiger partial charge in [-0.3, -0.25) is 0 Å². The third-order valence-electron chi connectivity index (χ3n) is 4.03. The van der Waals surface area contributed by atoms with Crippen molar-refractivity contribution in [3.05, 3.63) is 35.9 Å². The average molecular weight is 246 g/mol. The zero-order chi connectivity index (χ0) is 12.8. The van der Waals surface area contributed by atoms with E-state index in [0.717, 1.165) is 5.92 Å². The summed E-state index contributed by atoms with van der Waals surface area (Å²) in [5.74, 6) is 0.878. The minimum atomic E-state index is 0.489. The van der Waals surface area contributed by atoms with E-state index in [-0.39, 0.29) is 0 Å². The number of rotatable bonds is 5. The minimum absolute atomic E-state index is 0.489. The van der Waals surface area contributed by atoms with Crippen LogP contribution in [0.25, 0.3) is 0 Å². The SMILES string of the molecule is CNC(CCN1CCCC(C)C1)c1ccccc1. The van der Waals surface area contributed by atoms with Crippen LogP contribution in [0, 0.1) is 5.92 Å². The monoisotopic (exact) mass is 246 g/mol. The lowest BCUT2D eigenvalue weighted by atomic mass is 9.99. The Hall–Kier alpha value is -0.860.